The summed E-state index contributed by atoms with van der Waals surface area (Å²) in [4.78, 5) is 24.1. The topological polar surface area (TPSA) is 99.2 Å². The number of aryl methyl sites for hydroxylation is 2. The molecule has 0 unspecified atom stereocenters. The second-order valence-electron chi connectivity index (χ2n) is 3.14. The van der Waals surface area contributed by atoms with Crippen molar-refractivity contribution in [1.82, 2.24) is 4.98 Å². The predicted octanol–water partition coefficient (Wildman–Crippen LogP) is 2.02. The van der Waals surface area contributed by atoms with Gasteiger partial charge in [0.25, 0.3) is 11.4 Å². The van der Waals surface area contributed by atoms with E-state index in [1.807, 2.05) is 0 Å². The Balaban J connectivity index is 3.46. The molecule has 0 amide bonds. The fourth-order valence-corrected chi connectivity index (χ4v) is 1.41. The molecular weight excluding hydrogens is 214 g/mol. The normalized spacial score (nSPS) is 10.1. The first-order valence-electron chi connectivity index (χ1n) is 4.82. The zero-order valence-corrected chi connectivity index (χ0v) is 8.97. The van der Waals surface area contributed by atoms with Crippen molar-refractivity contribution < 1.29 is 9.85 Å². The standard InChI is InChI=1S/C9H11N3O4/c1-3-6-8(11(13)14)5-9(12(15)16)7(4-2)10-6/h5H,3-4H2,1-2H3. The summed E-state index contributed by atoms with van der Waals surface area (Å²) in [6, 6.07) is 0.991. The summed E-state index contributed by atoms with van der Waals surface area (Å²) >= 11 is 0. The highest BCUT2D eigenvalue weighted by Crippen LogP contribution is 2.26. The predicted molar refractivity (Wildman–Crippen MR) is 56.3 cm³/mol. The summed E-state index contributed by atoms with van der Waals surface area (Å²) in [6.07, 6.45) is 0.753. The smallest absolute Gasteiger partial charge is 0.258 e. The average Bonchev–Trinajstić information content (AvgIpc) is 2.26. The number of aromatic nitrogens is 1. The van der Waals surface area contributed by atoms with Crippen molar-refractivity contribution in [3.8, 4) is 0 Å². The summed E-state index contributed by atoms with van der Waals surface area (Å²) in [5.74, 6) is 0. The van der Waals surface area contributed by atoms with Crippen LogP contribution in [-0.2, 0) is 12.8 Å². The number of rotatable bonds is 4. The van der Waals surface area contributed by atoms with Crippen LogP contribution in [0.1, 0.15) is 25.2 Å². The molecule has 0 spiro atoms. The SMILES string of the molecule is CCc1nc(CC)c([N+](=O)[O-])cc1[N+](=O)[O-]. The fraction of sp³-hybridized carbons (Fsp3) is 0.444. The molecule has 0 aliphatic heterocycles. The zero-order valence-electron chi connectivity index (χ0n) is 8.97. The number of nitro groups is 2. The molecule has 0 radical (unpaired) electrons. The van der Waals surface area contributed by atoms with E-state index in [4.69, 9.17) is 0 Å². The molecule has 16 heavy (non-hydrogen) atoms. The maximum atomic E-state index is 10.7. The Morgan fingerprint density at radius 3 is 1.69 bits per heavy atom. The molecule has 1 aromatic rings. The third-order valence-electron chi connectivity index (χ3n) is 2.20. The molecule has 0 atom stereocenters. The first-order valence-corrected chi connectivity index (χ1v) is 4.82. The van der Waals surface area contributed by atoms with E-state index in [1.165, 1.54) is 0 Å². The largest absolute Gasteiger partial charge is 0.297 e. The van der Waals surface area contributed by atoms with E-state index < -0.39 is 9.85 Å². The van der Waals surface area contributed by atoms with Gasteiger partial charge in [0.1, 0.15) is 11.4 Å². The van der Waals surface area contributed by atoms with Crippen molar-refractivity contribution in [2.45, 2.75) is 26.7 Å². The lowest BCUT2D eigenvalue weighted by Gasteiger charge is -2.03. The van der Waals surface area contributed by atoms with Gasteiger partial charge in [-0.2, -0.15) is 0 Å². The van der Waals surface area contributed by atoms with Gasteiger partial charge in [-0.15, -0.1) is 0 Å². The minimum absolute atomic E-state index is 0.285. The quantitative estimate of drug-likeness (QED) is 0.576. The van der Waals surface area contributed by atoms with E-state index in [0.717, 1.165) is 6.07 Å². The molecule has 7 nitrogen and oxygen atoms in total. The molecule has 0 aliphatic rings. The Morgan fingerprint density at radius 1 is 1.06 bits per heavy atom. The molecule has 7 heteroatoms. The van der Waals surface area contributed by atoms with Crippen molar-refractivity contribution in [2.24, 2.45) is 0 Å². The molecule has 0 aliphatic carbocycles. The highest BCUT2D eigenvalue weighted by molar-refractivity contribution is 5.48. The lowest BCUT2D eigenvalue weighted by molar-refractivity contribution is -0.395. The van der Waals surface area contributed by atoms with Crippen LogP contribution in [0.4, 0.5) is 11.4 Å². The van der Waals surface area contributed by atoms with Crippen molar-refractivity contribution in [3.63, 3.8) is 0 Å². The van der Waals surface area contributed by atoms with E-state index in [-0.39, 0.29) is 22.8 Å². The van der Waals surface area contributed by atoms with Crippen LogP contribution in [0.15, 0.2) is 6.07 Å². The molecule has 0 bridgehead atoms. The van der Waals surface area contributed by atoms with E-state index in [2.05, 4.69) is 4.98 Å². The summed E-state index contributed by atoms with van der Waals surface area (Å²) in [5.41, 5.74) is -0.00213. The van der Waals surface area contributed by atoms with Crippen molar-refractivity contribution in [2.75, 3.05) is 0 Å². The van der Waals surface area contributed by atoms with Gasteiger partial charge in [-0.05, 0) is 12.8 Å². The minimum Gasteiger partial charge on any atom is -0.258 e. The summed E-state index contributed by atoms with van der Waals surface area (Å²) in [6.45, 7) is 3.45. The highest BCUT2D eigenvalue weighted by atomic mass is 16.6. The highest BCUT2D eigenvalue weighted by Gasteiger charge is 2.23. The molecule has 1 heterocycles. The maximum Gasteiger partial charge on any atom is 0.297 e. The molecular formula is C9H11N3O4. The third kappa shape index (κ3) is 2.13. The lowest BCUT2D eigenvalue weighted by atomic mass is 10.1. The Labute approximate surface area is 91.4 Å². The van der Waals surface area contributed by atoms with E-state index in [9.17, 15) is 20.2 Å². The zero-order chi connectivity index (χ0) is 12.3. The monoisotopic (exact) mass is 225 g/mol. The van der Waals surface area contributed by atoms with Crippen LogP contribution in [0.3, 0.4) is 0 Å². The number of hydrogen-bond donors (Lipinski definition) is 0. The van der Waals surface area contributed by atoms with Gasteiger partial charge in [0, 0.05) is 0 Å². The minimum atomic E-state index is -0.641. The van der Waals surface area contributed by atoms with E-state index >= 15 is 0 Å². The summed E-state index contributed by atoms with van der Waals surface area (Å²) < 4.78 is 0. The van der Waals surface area contributed by atoms with Crippen LogP contribution in [0.25, 0.3) is 0 Å². The second kappa shape index (κ2) is 4.65. The van der Waals surface area contributed by atoms with E-state index in [0.29, 0.717) is 12.8 Å². The number of nitrogens with zero attached hydrogens (tertiary/aromatic N) is 3. The van der Waals surface area contributed by atoms with Crippen LogP contribution in [0.2, 0.25) is 0 Å². The van der Waals surface area contributed by atoms with Gasteiger partial charge in [0.2, 0.25) is 0 Å². The molecule has 0 saturated heterocycles. The van der Waals surface area contributed by atoms with Gasteiger partial charge < -0.3 is 0 Å². The first kappa shape index (κ1) is 12.0. The van der Waals surface area contributed by atoms with Crippen LogP contribution in [0.5, 0.6) is 0 Å². The second-order valence-corrected chi connectivity index (χ2v) is 3.14. The van der Waals surface area contributed by atoms with Crippen molar-refractivity contribution in [1.29, 1.82) is 0 Å². The van der Waals surface area contributed by atoms with Crippen LogP contribution >= 0.6 is 0 Å². The summed E-state index contributed by atoms with van der Waals surface area (Å²) in [5, 5.41) is 21.4. The van der Waals surface area contributed by atoms with Crippen LogP contribution in [-0.4, -0.2) is 14.8 Å². The van der Waals surface area contributed by atoms with Gasteiger partial charge in [0.15, 0.2) is 0 Å². The molecule has 1 rings (SSSR count). The van der Waals surface area contributed by atoms with Crippen LogP contribution in [0, 0.1) is 20.2 Å². The average molecular weight is 225 g/mol. The van der Waals surface area contributed by atoms with Gasteiger partial charge in [-0.3, -0.25) is 20.2 Å². The third-order valence-corrected chi connectivity index (χ3v) is 2.20. The Bertz CT molecular complexity index is 407. The lowest BCUT2D eigenvalue weighted by Crippen LogP contribution is -2.04. The molecule has 86 valence electrons. The molecule has 0 N–H and O–H groups in total. The van der Waals surface area contributed by atoms with Crippen molar-refractivity contribution in [3.05, 3.63) is 37.7 Å². The molecule has 0 aromatic carbocycles. The van der Waals surface area contributed by atoms with Gasteiger partial charge in [-0.25, -0.2) is 4.98 Å². The van der Waals surface area contributed by atoms with E-state index in [1.54, 1.807) is 13.8 Å². The van der Waals surface area contributed by atoms with Gasteiger partial charge in [-0.1, -0.05) is 13.8 Å². The molecule has 1 aromatic heterocycles. The molecule has 0 fully saturated rings. The van der Waals surface area contributed by atoms with Crippen LogP contribution < -0.4 is 0 Å². The number of hydrogen-bond acceptors (Lipinski definition) is 5. The first-order chi connectivity index (χ1) is 7.51. The van der Waals surface area contributed by atoms with Gasteiger partial charge >= 0.3 is 0 Å². The maximum absolute atomic E-state index is 10.7. The van der Waals surface area contributed by atoms with Gasteiger partial charge in [0.05, 0.1) is 15.9 Å². The Morgan fingerprint density at radius 2 is 1.44 bits per heavy atom. The van der Waals surface area contributed by atoms with Crippen molar-refractivity contribution >= 4 is 11.4 Å². The Hall–Kier alpha value is -2.05. The fourth-order valence-electron chi connectivity index (χ4n) is 1.41. The number of pyridine rings is 1. The Kier molecular flexibility index (Phi) is 3.49. The summed E-state index contributed by atoms with van der Waals surface area (Å²) in [7, 11) is 0. The molecule has 0 saturated carbocycles.